The van der Waals surface area contributed by atoms with Crippen molar-refractivity contribution in [3.63, 3.8) is 0 Å². The number of rotatable bonds is 2. The second-order valence-corrected chi connectivity index (χ2v) is 6.42. The molecule has 0 spiro atoms. The van der Waals surface area contributed by atoms with E-state index in [1.807, 2.05) is 0 Å². The Morgan fingerprint density at radius 1 is 1.29 bits per heavy atom. The van der Waals surface area contributed by atoms with Gasteiger partial charge in [0.25, 0.3) is 0 Å². The molecule has 0 bridgehead atoms. The lowest BCUT2D eigenvalue weighted by molar-refractivity contribution is 0.242. The van der Waals surface area contributed by atoms with Crippen molar-refractivity contribution < 1.29 is 8.91 Å². The number of nitrogen functional groups attached to an aromatic ring is 1. The summed E-state index contributed by atoms with van der Waals surface area (Å²) in [4.78, 5) is 0. The zero-order valence-electron chi connectivity index (χ0n) is 12.0. The molecule has 0 unspecified atom stereocenters. The lowest BCUT2D eigenvalue weighted by atomic mass is 9.72. The van der Waals surface area contributed by atoms with Crippen molar-refractivity contribution in [2.75, 3.05) is 5.73 Å². The third-order valence-corrected chi connectivity index (χ3v) is 4.74. The fourth-order valence-corrected chi connectivity index (χ4v) is 3.49. The van der Waals surface area contributed by atoms with Crippen LogP contribution in [0.4, 0.5) is 10.2 Å². The van der Waals surface area contributed by atoms with E-state index in [4.69, 9.17) is 21.9 Å². The first kappa shape index (κ1) is 14.4. The lowest BCUT2D eigenvalue weighted by Gasteiger charge is -2.31. The first-order chi connectivity index (χ1) is 10.0. The molecule has 112 valence electrons. The van der Waals surface area contributed by atoms with Gasteiger partial charge < -0.3 is 10.3 Å². The normalized spacial score (nSPS) is 17.9. The molecule has 3 nitrogen and oxygen atoms in total. The average molecular weight is 309 g/mol. The molecule has 2 N–H and O–H groups in total. The Hall–Kier alpha value is -1.55. The molecule has 1 aromatic carbocycles. The summed E-state index contributed by atoms with van der Waals surface area (Å²) in [7, 11) is 0. The third-order valence-electron chi connectivity index (χ3n) is 4.42. The van der Waals surface area contributed by atoms with Crippen LogP contribution in [0.5, 0.6) is 0 Å². The summed E-state index contributed by atoms with van der Waals surface area (Å²) in [5.41, 5.74) is 7.29. The number of hydrogen-bond acceptors (Lipinski definition) is 3. The van der Waals surface area contributed by atoms with E-state index in [1.54, 1.807) is 6.07 Å². The number of nitrogens with two attached hydrogens (primary N) is 1. The molecule has 1 heterocycles. The summed E-state index contributed by atoms with van der Waals surface area (Å²) in [6, 6.07) is 4.30. The van der Waals surface area contributed by atoms with Crippen molar-refractivity contribution >= 4 is 17.4 Å². The van der Waals surface area contributed by atoms with Gasteiger partial charge in [0.05, 0.1) is 10.6 Å². The summed E-state index contributed by atoms with van der Waals surface area (Å²) in [5.74, 6) is 0.711. The van der Waals surface area contributed by atoms with Gasteiger partial charge in [0.1, 0.15) is 5.82 Å². The van der Waals surface area contributed by atoms with Gasteiger partial charge in [-0.25, -0.2) is 4.39 Å². The van der Waals surface area contributed by atoms with Gasteiger partial charge in [-0.15, -0.1) is 0 Å². The maximum absolute atomic E-state index is 13.3. The number of nitrogens with zero attached hydrogens (tertiary/aromatic N) is 1. The average Bonchev–Trinajstić information content (AvgIpc) is 2.82. The fraction of sp³-hybridized carbons (Fsp3) is 0.438. The van der Waals surface area contributed by atoms with Crippen LogP contribution in [0, 0.1) is 5.82 Å². The van der Waals surface area contributed by atoms with Crippen LogP contribution in [0.1, 0.15) is 44.8 Å². The van der Waals surface area contributed by atoms with Gasteiger partial charge in [-0.05, 0) is 31.0 Å². The Morgan fingerprint density at radius 2 is 2.00 bits per heavy atom. The molecule has 1 aromatic heterocycles. The summed E-state index contributed by atoms with van der Waals surface area (Å²) < 4.78 is 18.8. The number of halogens is 2. The molecule has 0 atom stereocenters. The Morgan fingerprint density at radius 3 is 2.67 bits per heavy atom. The van der Waals surface area contributed by atoms with Crippen LogP contribution in [0.3, 0.4) is 0 Å². The standard InChI is InChI=1S/C16H18ClFN2O/c1-16(7-3-2-4-8-16)14-13(15(19)20-21-14)11-6-5-10(18)9-12(11)17/h5-6,9H,2-4,7-8H2,1H3,(H2,19,20). The van der Waals surface area contributed by atoms with Crippen molar-refractivity contribution in [1.82, 2.24) is 5.16 Å². The zero-order chi connectivity index (χ0) is 15.0. The van der Waals surface area contributed by atoms with E-state index >= 15 is 0 Å². The van der Waals surface area contributed by atoms with Gasteiger partial charge in [0, 0.05) is 11.0 Å². The maximum atomic E-state index is 13.3. The number of hydrogen-bond donors (Lipinski definition) is 1. The molecular weight excluding hydrogens is 291 g/mol. The molecule has 1 aliphatic carbocycles. The summed E-state index contributed by atoms with van der Waals surface area (Å²) >= 11 is 6.18. The van der Waals surface area contributed by atoms with Gasteiger partial charge in [-0.3, -0.25) is 0 Å². The van der Waals surface area contributed by atoms with Gasteiger partial charge in [0.15, 0.2) is 11.6 Å². The van der Waals surface area contributed by atoms with E-state index in [1.165, 1.54) is 18.6 Å². The third kappa shape index (κ3) is 2.53. The van der Waals surface area contributed by atoms with E-state index in [2.05, 4.69) is 12.1 Å². The molecule has 1 aliphatic rings. The number of benzene rings is 1. The minimum atomic E-state index is -0.371. The van der Waals surface area contributed by atoms with Crippen molar-refractivity contribution in [1.29, 1.82) is 0 Å². The fourth-order valence-electron chi connectivity index (χ4n) is 3.23. The van der Waals surface area contributed by atoms with Crippen molar-refractivity contribution in [2.45, 2.75) is 44.4 Å². The maximum Gasteiger partial charge on any atom is 0.175 e. The first-order valence-electron chi connectivity index (χ1n) is 7.22. The van der Waals surface area contributed by atoms with Gasteiger partial charge in [-0.2, -0.15) is 0 Å². The largest absolute Gasteiger partial charge is 0.380 e. The van der Waals surface area contributed by atoms with Crippen molar-refractivity contribution in [2.24, 2.45) is 0 Å². The van der Waals surface area contributed by atoms with Crippen LogP contribution < -0.4 is 5.73 Å². The van der Waals surface area contributed by atoms with Crippen LogP contribution in [0.2, 0.25) is 5.02 Å². The molecule has 1 saturated carbocycles. The lowest BCUT2D eigenvalue weighted by Crippen LogP contribution is -2.25. The summed E-state index contributed by atoms with van der Waals surface area (Å²) in [6.07, 6.45) is 5.63. The Balaban J connectivity index is 2.13. The summed E-state index contributed by atoms with van der Waals surface area (Å²) in [6.45, 7) is 2.17. The van der Waals surface area contributed by atoms with Crippen LogP contribution in [-0.4, -0.2) is 5.16 Å². The monoisotopic (exact) mass is 308 g/mol. The highest BCUT2D eigenvalue weighted by Gasteiger charge is 2.36. The van der Waals surface area contributed by atoms with Crippen LogP contribution in [-0.2, 0) is 5.41 Å². The van der Waals surface area contributed by atoms with Gasteiger partial charge in [-0.1, -0.05) is 42.9 Å². The molecule has 0 amide bonds. The van der Waals surface area contributed by atoms with E-state index in [-0.39, 0.29) is 11.2 Å². The molecule has 3 rings (SSSR count). The van der Waals surface area contributed by atoms with E-state index in [9.17, 15) is 4.39 Å². The topological polar surface area (TPSA) is 52.0 Å². The van der Waals surface area contributed by atoms with E-state index in [0.717, 1.165) is 31.4 Å². The Kier molecular flexibility index (Phi) is 3.66. The molecule has 2 aromatic rings. The number of aromatic nitrogens is 1. The predicted octanol–water partition coefficient (Wildman–Crippen LogP) is 4.94. The van der Waals surface area contributed by atoms with Crippen LogP contribution in [0.15, 0.2) is 22.7 Å². The molecule has 0 aliphatic heterocycles. The highest BCUT2D eigenvalue weighted by molar-refractivity contribution is 6.33. The zero-order valence-corrected chi connectivity index (χ0v) is 12.7. The quantitative estimate of drug-likeness (QED) is 0.855. The molecule has 1 fully saturated rings. The molecular formula is C16H18ClFN2O. The Labute approximate surface area is 128 Å². The smallest absolute Gasteiger partial charge is 0.175 e. The number of anilines is 1. The molecule has 0 saturated heterocycles. The minimum absolute atomic E-state index is 0.0874. The second-order valence-electron chi connectivity index (χ2n) is 6.02. The highest BCUT2D eigenvalue weighted by Crippen LogP contribution is 2.46. The van der Waals surface area contributed by atoms with Gasteiger partial charge in [0.2, 0.25) is 0 Å². The van der Waals surface area contributed by atoms with Crippen LogP contribution in [0.25, 0.3) is 11.1 Å². The molecule has 5 heteroatoms. The van der Waals surface area contributed by atoms with Gasteiger partial charge >= 0.3 is 0 Å². The van der Waals surface area contributed by atoms with Crippen molar-refractivity contribution in [3.8, 4) is 11.1 Å². The summed E-state index contributed by atoms with van der Waals surface area (Å²) in [5, 5.41) is 4.25. The first-order valence-corrected chi connectivity index (χ1v) is 7.60. The van der Waals surface area contributed by atoms with Crippen LogP contribution >= 0.6 is 11.6 Å². The highest BCUT2D eigenvalue weighted by atomic mass is 35.5. The molecule has 21 heavy (non-hydrogen) atoms. The Bertz CT molecular complexity index is 662. The predicted molar refractivity (Wildman–Crippen MR) is 81.8 cm³/mol. The minimum Gasteiger partial charge on any atom is -0.380 e. The second kappa shape index (κ2) is 5.34. The molecule has 0 radical (unpaired) electrons. The SMILES string of the molecule is CC1(c2onc(N)c2-c2ccc(F)cc2Cl)CCCCC1. The van der Waals surface area contributed by atoms with E-state index in [0.29, 0.717) is 22.0 Å². The van der Waals surface area contributed by atoms with E-state index < -0.39 is 0 Å². The van der Waals surface area contributed by atoms with Crippen molar-refractivity contribution in [3.05, 3.63) is 34.8 Å².